The molecular formula is C23H27NO. The smallest absolute Gasteiger partial charge is 0.136 e. The minimum atomic E-state index is -0.283. The molecule has 25 heavy (non-hydrogen) atoms. The van der Waals surface area contributed by atoms with Crippen molar-refractivity contribution in [2.45, 2.75) is 67.4 Å². The van der Waals surface area contributed by atoms with Gasteiger partial charge in [-0.15, -0.1) is 0 Å². The minimum absolute atomic E-state index is 0.283. The van der Waals surface area contributed by atoms with E-state index >= 15 is 0 Å². The normalized spacial score (nSPS) is 17.8. The van der Waals surface area contributed by atoms with E-state index in [9.17, 15) is 0 Å². The molecule has 0 radical (unpaired) electrons. The molecule has 2 aromatic carbocycles. The number of hydrogen-bond acceptors (Lipinski definition) is 2. The first kappa shape index (κ1) is 16.4. The molecule has 0 aromatic heterocycles. The lowest BCUT2D eigenvalue weighted by Gasteiger charge is -2.37. The van der Waals surface area contributed by atoms with Crippen molar-refractivity contribution >= 4 is 28.2 Å². The molecule has 2 aromatic rings. The largest absolute Gasteiger partial charge is 0.482 e. The number of rotatable bonds is 0. The monoisotopic (exact) mass is 333 g/mol. The summed E-state index contributed by atoms with van der Waals surface area (Å²) < 4.78 is 6.64. The molecule has 2 heterocycles. The topological polar surface area (TPSA) is 21.6 Å². The van der Waals surface area contributed by atoms with Crippen molar-refractivity contribution in [3.05, 3.63) is 39.0 Å². The van der Waals surface area contributed by atoms with E-state index in [1.165, 1.54) is 55.3 Å². The molecule has 0 spiro atoms. The van der Waals surface area contributed by atoms with Crippen molar-refractivity contribution in [2.24, 2.45) is 4.99 Å². The van der Waals surface area contributed by atoms with E-state index in [-0.39, 0.29) is 5.60 Å². The van der Waals surface area contributed by atoms with Crippen LogP contribution >= 0.6 is 0 Å². The van der Waals surface area contributed by atoms with Crippen LogP contribution in [0.15, 0.2) is 10.6 Å². The number of aliphatic imine (C=N–C) groups is 1. The molecule has 0 saturated carbocycles. The highest BCUT2D eigenvalue weighted by molar-refractivity contribution is 6.06. The van der Waals surface area contributed by atoms with Gasteiger partial charge in [0.2, 0.25) is 0 Å². The van der Waals surface area contributed by atoms with Gasteiger partial charge < -0.3 is 4.74 Å². The fourth-order valence-electron chi connectivity index (χ4n) is 4.65. The summed E-state index contributed by atoms with van der Waals surface area (Å²) in [6, 6.07) is 0. The number of benzene rings is 2. The SMILES string of the molecule is CC1=C(C)C(C)(C)Oc2c1c(C)c(C)c1c(C)c3c(c(C)c21)N=CC3. The molecule has 2 aliphatic rings. The van der Waals surface area contributed by atoms with Crippen LogP contribution in [-0.2, 0) is 6.42 Å². The summed E-state index contributed by atoms with van der Waals surface area (Å²) in [6.07, 6.45) is 2.98. The van der Waals surface area contributed by atoms with E-state index in [4.69, 9.17) is 4.74 Å². The lowest BCUT2D eigenvalue weighted by molar-refractivity contribution is 0.146. The van der Waals surface area contributed by atoms with Crippen LogP contribution < -0.4 is 4.74 Å². The van der Waals surface area contributed by atoms with Crippen LogP contribution in [0.3, 0.4) is 0 Å². The van der Waals surface area contributed by atoms with Gasteiger partial charge >= 0.3 is 0 Å². The van der Waals surface area contributed by atoms with Crippen LogP contribution in [0.2, 0.25) is 0 Å². The van der Waals surface area contributed by atoms with E-state index in [0.717, 1.165) is 17.9 Å². The average molecular weight is 333 g/mol. The molecule has 4 rings (SSSR count). The van der Waals surface area contributed by atoms with Crippen LogP contribution in [-0.4, -0.2) is 11.8 Å². The Balaban J connectivity index is 2.27. The highest BCUT2D eigenvalue weighted by Crippen LogP contribution is 2.51. The molecule has 0 amide bonds. The third kappa shape index (κ3) is 1.94. The lowest BCUT2D eigenvalue weighted by Crippen LogP contribution is -2.33. The number of hydrogen-bond donors (Lipinski definition) is 0. The van der Waals surface area contributed by atoms with Crippen molar-refractivity contribution in [3.8, 4) is 5.75 Å². The Kier molecular flexibility index (Phi) is 3.26. The zero-order chi connectivity index (χ0) is 18.3. The number of aryl methyl sites for hydroxylation is 3. The number of nitrogens with zero attached hydrogens (tertiary/aromatic N) is 1. The third-order valence-corrected chi connectivity index (χ3v) is 6.57. The van der Waals surface area contributed by atoms with Gasteiger partial charge in [0.1, 0.15) is 11.4 Å². The summed E-state index contributed by atoms with van der Waals surface area (Å²) in [5.41, 5.74) is 11.5. The standard InChI is InChI=1S/C23H27NO/c1-11-12(2)19-13(3)16(6)23(7,8)25-22(19)20-15(5)21-17(9-10-24-21)14(4)18(11)20/h10H,9H2,1-8H3. The second kappa shape index (κ2) is 4.97. The summed E-state index contributed by atoms with van der Waals surface area (Å²) in [6.45, 7) is 17.7. The first-order valence-electron chi connectivity index (χ1n) is 9.15. The molecular weight excluding hydrogens is 306 g/mol. The molecule has 0 unspecified atom stereocenters. The number of ether oxygens (including phenoxy) is 1. The van der Waals surface area contributed by atoms with Gasteiger partial charge in [-0.2, -0.15) is 0 Å². The van der Waals surface area contributed by atoms with Crippen LogP contribution in [0, 0.1) is 27.7 Å². The zero-order valence-corrected chi connectivity index (χ0v) is 16.6. The molecule has 0 N–H and O–H groups in total. The Hall–Kier alpha value is -2.09. The Morgan fingerprint density at radius 2 is 1.56 bits per heavy atom. The van der Waals surface area contributed by atoms with Crippen molar-refractivity contribution in [1.29, 1.82) is 0 Å². The molecule has 0 aliphatic carbocycles. The molecule has 0 saturated heterocycles. The highest BCUT2D eigenvalue weighted by Gasteiger charge is 2.35. The average Bonchev–Trinajstić information content (AvgIpc) is 3.03. The number of allylic oxidation sites excluding steroid dienone is 1. The fourth-order valence-corrected chi connectivity index (χ4v) is 4.65. The molecule has 130 valence electrons. The van der Waals surface area contributed by atoms with E-state index in [0.29, 0.717) is 0 Å². The lowest BCUT2D eigenvalue weighted by atomic mass is 9.80. The minimum Gasteiger partial charge on any atom is -0.482 e. The van der Waals surface area contributed by atoms with Crippen LogP contribution in [0.5, 0.6) is 5.75 Å². The Morgan fingerprint density at radius 1 is 0.880 bits per heavy atom. The first-order chi connectivity index (χ1) is 11.7. The predicted molar refractivity (Wildman–Crippen MR) is 108 cm³/mol. The zero-order valence-electron chi connectivity index (χ0n) is 16.6. The summed E-state index contributed by atoms with van der Waals surface area (Å²) in [5.74, 6) is 1.05. The fraction of sp³-hybridized carbons (Fsp3) is 0.435. The number of fused-ring (bicyclic) bond motifs is 4. The third-order valence-electron chi connectivity index (χ3n) is 6.57. The van der Waals surface area contributed by atoms with E-state index in [1.54, 1.807) is 0 Å². The van der Waals surface area contributed by atoms with Gasteiger partial charge in [-0.3, -0.25) is 4.99 Å². The Bertz CT molecular complexity index is 1020. The molecule has 2 heteroatoms. The summed E-state index contributed by atoms with van der Waals surface area (Å²) >= 11 is 0. The predicted octanol–water partition coefficient (Wildman–Crippen LogP) is 6.30. The van der Waals surface area contributed by atoms with Crippen molar-refractivity contribution in [1.82, 2.24) is 0 Å². The van der Waals surface area contributed by atoms with Gasteiger partial charge in [-0.05, 0) is 99.7 Å². The van der Waals surface area contributed by atoms with Gasteiger partial charge in [0.25, 0.3) is 0 Å². The van der Waals surface area contributed by atoms with Crippen LogP contribution in [0.25, 0.3) is 16.3 Å². The second-order valence-electron chi connectivity index (χ2n) is 8.16. The quantitative estimate of drug-likeness (QED) is 0.554. The first-order valence-corrected chi connectivity index (χ1v) is 9.15. The van der Waals surface area contributed by atoms with Gasteiger partial charge in [-0.1, -0.05) is 0 Å². The van der Waals surface area contributed by atoms with Gasteiger partial charge in [-0.25, -0.2) is 0 Å². The Morgan fingerprint density at radius 3 is 2.24 bits per heavy atom. The van der Waals surface area contributed by atoms with Gasteiger partial charge in [0, 0.05) is 23.6 Å². The molecule has 2 aliphatic heterocycles. The second-order valence-corrected chi connectivity index (χ2v) is 8.16. The summed E-state index contributed by atoms with van der Waals surface area (Å²) in [7, 11) is 0. The Labute approximate surface area is 150 Å². The van der Waals surface area contributed by atoms with Crippen molar-refractivity contribution in [2.75, 3.05) is 0 Å². The van der Waals surface area contributed by atoms with Crippen LogP contribution in [0.1, 0.15) is 61.1 Å². The molecule has 0 atom stereocenters. The van der Waals surface area contributed by atoms with E-state index in [2.05, 4.69) is 60.4 Å². The van der Waals surface area contributed by atoms with Gasteiger partial charge in [0.15, 0.2) is 0 Å². The van der Waals surface area contributed by atoms with Crippen molar-refractivity contribution in [3.63, 3.8) is 0 Å². The summed E-state index contributed by atoms with van der Waals surface area (Å²) in [4.78, 5) is 4.69. The maximum atomic E-state index is 6.64. The maximum Gasteiger partial charge on any atom is 0.136 e. The van der Waals surface area contributed by atoms with Crippen molar-refractivity contribution < 1.29 is 4.74 Å². The maximum absolute atomic E-state index is 6.64. The van der Waals surface area contributed by atoms with E-state index in [1.807, 2.05) is 6.21 Å². The molecule has 0 fully saturated rings. The molecule has 0 bridgehead atoms. The summed E-state index contributed by atoms with van der Waals surface area (Å²) in [5, 5.41) is 2.62. The molecule has 2 nitrogen and oxygen atoms in total. The van der Waals surface area contributed by atoms with Gasteiger partial charge in [0.05, 0.1) is 5.69 Å². The highest BCUT2D eigenvalue weighted by atomic mass is 16.5. The van der Waals surface area contributed by atoms with E-state index < -0.39 is 0 Å². The van der Waals surface area contributed by atoms with Crippen LogP contribution in [0.4, 0.5) is 5.69 Å².